The first-order chi connectivity index (χ1) is 16.3. The second kappa shape index (κ2) is 11.9. The molecule has 7 heteroatoms. The lowest BCUT2D eigenvalue weighted by Gasteiger charge is -2.26. The van der Waals surface area contributed by atoms with Crippen LogP contribution in [0.2, 0.25) is 0 Å². The molecule has 0 spiro atoms. The van der Waals surface area contributed by atoms with Gasteiger partial charge in [0.05, 0.1) is 24.2 Å². The third-order valence-corrected chi connectivity index (χ3v) is 6.85. The number of ether oxygens (including phenoxy) is 1. The summed E-state index contributed by atoms with van der Waals surface area (Å²) in [5.41, 5.74) is 2.42. The van der Waals surface area contributed by atoms with E-state index in [1.54, 1.807) is 13.0 Å². The van der Waals surface area contributed by atoms with Crippen molar-refractivity contribution in [3.8, 4) is 5.75 Å². The van der Waals surface area contributed by atoms with Crippen LogP contribution in [0, 0.1) is 19.8 Å². The van der Waals surface area contributed by atoms with Crippen molar-refractivity contribution in [2.75, 3.05) is 6.61 Å². The fourth-order valence-corrected chi connectivity index (χ4v) is 4.81. The van der Waals surface area contributed by atoms with Crippen LogP contribution in [0.5, 0.6) is 5.75 Å². The number of hydrogen-bond donors (Lipinski definition) is 3. The highest BCUT2D eigenvalue weighted by atomic mass is 16.5. The average Bonchev–Trinajstić information content (AvgIpc) is 3.07. The number of rotatable bonds is 11. The Kier molecular flexibility index (Phi) is 9.69. The van der Waals surface area contributed by atoms with Crippen molar-refractivity contribution >= 4 is 5.97 Å². The van der Waals surface area contributed by atoms with Gasteiger partial charge in [-0.1, -0.05) is 30.2 Å². The van der Waals surface area contributed by atoms with Gasteiger partial charge in [0.25, 0.3) is 0 Å². The lowest BCUT2D eigenvalue weighted by atomic mass is 9.91. The first-order valence-electron chi connectivity index (χ1n) is 12.2. The van der Waals surface area contributed by atoms with Gasteiger partial charge in [-0.15, -0.1) is 0 Å². The summed E-state index contributed by atoms with van der Waals surface area (Å²) >= 11 is 0. The molecule has 0 saturated heterocycles. The number of carboxylic acid groups (broad SMARTS) is 1. The van der Waals surface area contributed by atoms with Gasteiger partial charge in [0.2, 0.25) is 0 Å². The summed E-state index contributed by atoms with van der Waals surface area (Å²) in [5, 5.41) is 29.8. The number of carbonyl (C=O) groups is 1. The van der Waals surface area contributed by atoms with Gasteiger partial charge in [0.1, 0.15) is 17.1 Å². The summed E-state index contributed by atoms with van der Waals surface area (Å²) in [4.78, 5) is 23.8. The molecule has 0 amide bonds. The maximum atomic E-state index is 12.0. The zero-order chi connectivity index (χ0) is 26.5. The first-order valence-corrected chi connectivity index (χ1v) is 12.2. The number of aliphatic hydroxyl groups excluding tert-OH is 1. The van der Waals surface area contributed by atoms with Crippen LogP contribution in [-0.4, -0.2) is 39.6 Å². The normalized spacial score (nSPS) is 22.7. The van der Waals surface area contributed by atoms with E-state index < -0.39 is 23.1 Å². The van der Waals surface area contributed by atoms with Crippen molar-refractivity contribution in [1.82, 2.24) is 0 Å². The molecule has 7 nitrogen and oxygen atoms in total. The van der Waals surface area contributed by atoms with Crippen molar-refractivity contribution in [2.24, 2.45) is 5.92 Å². The van der Waals surface area contributed by atoms with Gasteiger partial charge in [0.15, 0.2) is 0 Å². The Morgan fingerprint density at radius 2 is 1.89 bits per heavy atom. The fourth-order valence-electron chi connectivity index (χ4n) is 4.81. The van der Waals surface area contributed by atoms with Crippen molar-refractivity contribution < 1.29 is 29.3 Å². The molecule has 1 aliphatic rings. The van der Waals surface area contributed by atoms with Gasteiger partial charge >= 0.3 is 11.6 Å². The molecule has 35 heavy (non-hydrogen) atoms. The minimum absolute atomic E-state index is 0.0313. The largest absolute Gasteiger partial charge is 0.507 e. The van der Waals surface area contributed by atoms with Crippen LogP contribution in [0.3, 0.4) is 0 Å². The molecule has 3 N–H and O–H groups in total. The van der Waals surface area contributed by atoms with Crippen molar-refractivity contribution in [1.29, 1.82) is 0 Å². The van der Waals surface area contributed by atoms with Crippen LogP contribution >= 0.6 is 0 Å². The van der Waals surface area contributed by atoms with E-state index in [0.717, 1.165) is 16.7 Å². The monoisotopic (exact) mass is 488 g/mol. The molecule has 0 bridgehead atoms. The summed E-state index contributed by atoms with van der Waals surface area (Å²) in [6.45, 7) is 12.8. The van der Waals surface area contributed by atoms with E-state index >= 15 is 0 Å². The Labute approximate surface area is 207 Å². The number of hydrogen-bond acceptors (Lipinski definition) is 6. The van der Waals surface area contributed by atoms with Crippen molar-refractivity contribution in [3.63, 3.8) is 0 Å². The minimum Gasteiger partial charge on any atom is -0.507 e. The molecule has 0 saturated carbocycles. The summed E-state index contributed by atoms with van der Waals surface area (Å²) in [5.74, 6) is -1.24. The molecule has 0 radical (unpaired) electrons. The quantitative estimate of drug-likeness (QED) is 0.285. The Bertz CT molecular complexity index is 1080. The molecule has 2 heterocycles. The molecule has 4 atom stereocenters. The van der Waals surface area contributed by atoms with Crippen molar-refractivity contribution in [3.05, 3.63) is 62.3 Å². The Morgan fingerprint density at radius 1 is 1.23 bits per heavy atom. The minimum atomic E-state index is -0.887. The van der Waals surface area contributed by atoms with E-state index in [1.807, 2.05) is 46.8 Å². The number of aliphatic hydroxyl groups is 1. The lowest BCUT2D eigenvalue weighted by molar-refractivity contribution is -0.140. The summed E-state index contributed by atoms with van der Waals surface area (Å²) in [6.07, 6.45) is 7.80. The van der Waals surface area contributed by atoms with Gasteiger partial charge in [-0.2, -0.15) is 0 Å². The number of carboxylic acids is 1. The van der Waals surface area contributed by atoms with E-state index in [2.05, 4.69) is 0 Å². The van der Waals surface area contributed by atoms with Crippen molar-refractivity contribution in [2.45, 2.75) is 91.8 Å². The molecule has 0 fully saturated rings. The average molecular weight is 489 g/mol. The molecule has 1 aromatic rings. The van der Waals surface area contributed by atoms with Gasteiger partial charge in [-0.3, -0.25) is 4.79 Å². The fraction of sp³-hybridized carbons (Fsp3) is 0.571. The Hall–Kier alpha value is -2.64. The molecule has 194 valence electrons. The molecule has 1 aromatic heterocycles. The predicted octanol–water partition coefficient (Wildman–Crippen LogP) is 5.32. The second-order valence-electron chi connectivity index (χ2n) is 10.1. The summed E-state index contributed by atoms with van der Waals surface area (Å²) < 4.78 is 11.4. The third kappa shape index (κ3) is 7.18. The zero-order valence-electron chi connectivity index (χ0n) is 22.0. The highest BCUT2D eigenvalue weighted by Crippen LogP contribution is 2.34. The van der Waals surface area contributed by atoms with Crippen LogP contribution in [0.25, 0.3) is 0 Å². The standard InChI is InChI=1S/C28H40O7/c1-16(12-18(3)25-20(5)24(30)21(6)27(33)34-25)11-17(2)13-23(26(31)32)9-8-10-28(15-29)14-19(4)22(7)35-28/h11,13-14,18,22-23,29-30H,8-10,12,15H2,1-7H3,(H,31,32)/t18?,22-,23?,28+/m0/s1. The predicted molar refractivity (Wildman–Crippen MR) is 136 cm³/mol. The zero-order valence-corrected chi connectivity index (χ0v) is 22.0. The smallest absolute Gasteiger partial charge is 0.342 e. The van der Waals surface area contributed by atoms with E-state index in [0.29, 0.717) is 37.0 Å². The van der Waals surface area contributed by atoms with E-state index in [9.17, 15) is 24.9 Å². The molecular formula is C28H40O7. The number of aliphatic carboxylic acids is 1. The van der Waals surface area contributed by atoms with Crippen LogP contribution in [0.1, 0.15) is 83.1 Å². The van der Waals surface area contributed by atoms with E-state index in [-0.39, 0.29) is 29.9 Å². The second-order valence-corrected chi connectivity index (χ2v) is 10.1. The van der Waals surface area contributed by atoms with Gasteiger partial charge in [0, 0.05) is 11.5 Å². The molecule has 0 aromatic carbocycles. The highest BCUT2D eigenvalue weighted by Gasteiger charge is 2.36. The third-order valence-electron chi connectivity index (χ3n) is 6.85. The van der Waals surface area contributed by atoms with Crippen LogP contribution in [0.15, 0.2) is 44.2 Å². The molecular weight excluding hydrogens is 448 g/mol. The molecule has 2 rings (SSSR count). The summed E-state index contributed by atoms with van der Waals surface area (Å²) in [6, 6.07) is 0. The first kappa shape index (κ1) is 28.6. The van der Waals surface area contributed by atoms with Gasteiger partial charge in [-0.25, -0.2) is 4.79 Å². The lowest BCUT2D eigenvalue weighted by Crippen LogP contribution is -2.33. The maximum Gasteiger partial charge on any atom is 0.342 e. The van der Waals surface area contributed by atoms with Crippen LogP contribution in [0.4, 0.5) is 0 Å². The highest BCUT2D eigenvalue weighted by molar-refractivity contribution is 5.72. The maximum absolute atomic E-state index is 12.0. The van der Waals surface area contributed by atoms with Gasteiger partial charge in [-0.05, 0) is 78.9 Å². The Morgan fingerprint density at radius 3 is 2.43 bits per heavy atom. The number of allylic oxidation sites excluding steroid dienone is 3. The Balaban J connectivity index is 2.06. The molecule has 0 aliphatic carbocycles. The topological polar surface area (TPSA) is 117 Å². The van der Waals surface area contributed by atoms with Crippen LogP contribution in [-0.2, 0) is 9.53 Å². The van der Waals surface area contributed by atoms with Gasteiger partial charge < -0.3 is 24.5 Å². The number of aromatic hydroxyl groups is 1. The van der Waals surface area contributed by atoms with E-state index in [1.165, 1.54) is 6.92 Å². The van der Waals surface area contributed by atoms with Crippen LogP contribution < -0.4 is 5.63 Å². The molecule has 1 aliphatic heterocycles. The molecule has 2 unspecified atom stereocenters. The SMILES string of the molecule is CC(=CC(CCC[C@]1(CO)C=C(C)[C@H](C)O1)C(=O)O)C=C(C)CC(C)c1oc(=O)c(C)c(O)c1C. The van der Waals surface area contributed by atoms with E-state index in [4.69, 9.17) is 9.15 Å². The summed E-state index contributed by atoms with van der Waals surface area (Å²) in [7, 11) is 0.